The van der Waals surface area contributed by atoms with E-state index in [-0.39, 0.29) is 237 Å². The number of rotatable bonds is 54. The Morgan fingerprint density at radius 2 is 0.596 bits per heavy atom. The molecule has 1 unspecified atom stereocenters. The molecule has 0 fully saturated rings. The van der Waals surface area contributed by atoms with Crippen LogP contribution >= 0.6 is 0 Å². The first kappa shape index (κ1) is 82.0. The van der Waals surface area contributed by atoms with Gasteiger partial charge >= 0.3 is 59.7 Å². The highest BCUT2D eigenvalue weighted by atomic mass is 16.6. The van der Waals surface area contributed by atoms with Gasteiger partial charge in [-0.1, -0.05) is 54.0 Å². The zero-order valence-corrected chi connectivity index (χ0v) is 53.6. The zero-order valence-electron chi connectivity index (χ0n) is 53.6. The standard InChI is InChI=1S/C61H98N4O24/c1-44(2)50(66)43-78-31-32-79-51(67)13-19-62(20-14-52(68)80-33-38-85-57(73)45(3)4)25-28-65(29-26-63(21-15-53(69)81-34-39-86-58(74)46(5)6)22-16-54(70)82-35-40-87-59(75)47(7)8)30-27-64(23-17-55(71)83-36-41-88-60(76)48(9)10)24-18-56(72)84-37-42-89-61(77)49(11)12/h48-49,52,68H,1,3,5,7,13-43H2,2,4,6,8-12H3. The Hall–Kier alpha value is -6.95. The number of aliphatic hydroxyl groups is 1. The maximum Gasteiger partial charge on any atom is 0.333 e. The smallest absolute Gasteiger partial charge is 0.333 e. The summed E-state index contributed by atoms with van der Waals surface area (Å²) in [5.41, 5.74) is 0.840. The highest BCUT2D eigenvalue weighted by Gasteiger charge is 2.21. The second-order valence-corrected chi connectivity index (χ2v) is 21.0. The molecule has 89 heavy (non-hydrogen) atoms. The second kappa shape index (κ2) is 49.9. The van der Waals surface area contributed by atoms with Gasteiger partial charge in [0.1, 0.15) is 72.7 Å². The molecule has 1 N–H and O–H groups in total. The summed E-state index contributed by atoms with van der Waals surface area (Å²) >= 11 is 0. The van der Waals surface area contributed by atoms with Gasteiger partial charge in [0.05, 0.1) is 57.2 Å². The first-order valence-corrected chi connectivity index (χ1v) is 29.7. The average Bonchev–Trinajstić information content (AvgIpc) is 3.66. The van der Waals surface area contributed by atoms with E-state index in [0.717, 1.165) is 0 Å². The number of esters is 10. The van der Waals surface area contributed by atoms with Crippen molar-refractivity contribution >= 4 is 65.5 Å². The molecule has 506 valence electrons. The number of ether oxygens (including phenoxy) is 12. The lowest BCUT2D eigenvalue weighted by Crippen LogP contribution is -2.45. The van der Waals surface area contributed by atoms with Gasteiger partial charge in [-0.3, -0.25) is 43.3 Å². The van der Waals surface area contributed by atoms with Gasteiger partial charge in [0.25, 0.3) is 0 Å². The third-order valence-corrected chi connectivity index (χ3v) is 12.2. The van der Waals surface area contributed by atoms with Crippen molar-refractivity contribution in [3.8, 4) is 0 Å². The third-order valence-electron chi connectivity index (χ3n) is 12.2. The van der Waals surface area contributed by atoms with Crippen LogP contribution in [0.25, 0.3) is 0 Å². The lowest BCUT2D eigenvalue weighted by molar-refractivity contribution is -0.155. The number of carbonyl (C=O) groups is 11. The molecule has 0 aromatic heterocycles. The van der Waals surface area contributed by atoms with Gasteiger partial charge in [0, 0.05) is 102 Å². The minimum atomic E-state index is -1.31. The minimum Gasteiger partial charge on any atom is -0.463 e. The topological polar surface area (TPSA) is 332 Å². The predicted molar refractivity (Wildman–Crippen MR) is 320 cm³/mol. The fraction of sp³-hybridized carbons (Fsp3) is 0.689. The third kappa shape index (κ3) is 45.9. The molecule has 0 aromatic carbocycles. The first-order valence-electron chi connectivity index (χ1n) is 29.7. The minimum absolute atomic E-state index is 0.0427. The Labute approximate surface area is 523 Å². The van der Waals surface area contributed by atoms with Crippen LogP contribution in [0.3, 0.4) is 0 Å². The Kier molecular flexibility index (Phi) is 46.0. The molecular formula is C61H98N4O24. The van der Waals surface area contributed by atoms with E-state index in [9.17, 15) is 57.8 Å². The number of Topliss-reactive ketones (excluding diaryl/α,β-unsaturated/α-hetero) is 1. The fourth-order valence-corrected chi connectivity index (χ4v) is 6.87. The zero-order chi connectivity index (χ0) is 67.1. The Balaban J connectivity index is 6.96. The summed E-state index contributed by atoms with van der Waals surface area (Å²) < 4.78 is 62.8. The van der Waals surface area contributed by atoms with Crippen molar-refractivity contribution in [1.29, 1.82) is 0 Å². The van der Waals surface area contributed by atoms with E-state index in [1.54, 1.807) is 34.6 Å². The summed E-state index contributed by atoms with van der Waals surface area (Å²) in [5.74, 6) is -6.93. The van der Waals surface area contributed by atoms with Crippen LogP contribution < -0.4 is 0 Å². The summed E-state index contributed by atoms with van der Waals surface area (Å²) in [6.45, 7) is 26.8. The lowest BCUT2D eigenvalue weighted by atomic mass is 10.2. The van der Waals surface area contributed by atoms with E-state index in [0.29, 0.717) is 5.57 Å². The van der Waals surface area contributed by atoms with E-state index in [1.807, 2.05) is 19.6 Å². The van der Waals surface area contributed by atoms with Gasteiger partial charge < -0.3 is 76.6 Å². The Bertz CT molecular complexity index is 2180. The number of hydrogen-bond acceptors (Lipinski definition) is 28. The molecule has 0 aliphatic heterocycles. The normalized spacial score (nSPS) is 11.4. The van der Waals surface area contributed by atoms with E-state index in [2.05, 4.69) is 26.3 Å². The van der Waals surface area contributed by atoms with Crippen LogP contribution in [0.1, 0.15) is 93.9 Å². The molecule has 0 bridgehead atoms. The monoisotopic (exact) mass is 1270 g/mol. The quantitative estimate of drug-likeness (QED) is 0.0300. The van der Waals surface area contributed by atoms with E-state index < -0.39 is 66.0 Å². The van der Waals surface area contributed by atoms with E-state index in [1.165, 1.54) is 20.8 Å². The van der Waals surface area contributed by atoms with Crippen LogP contribution in [-0.4, -0.2) is 261 Å². The average molecular weight is 1270 g/mol. The second-order valence-electron chi connectivity index (χ2n) is 21.0. The fourth-order valence-electron chi connectivity index (χ4n) is 6.87. The molecule has 1 atom stereocenters. The van der Waals surface area contributed by atoms with E-state index in [4.69, 9.17) is 56.8 Å². The van der Waals surface area contributed by atoms with Crippen molar-refractivity contribution in [3.63, 3.8) is 0 Å². The number of nitrogens with zero attached hydrogens (tertiary/aromatic N) is 4. The van der Waals surface area contributed by atoms with Gasteiger partial charge in [-0.05, 0) is 33.3 Å². The number of carbonyl (C=O) groups excluding carboxylic acids is 11. The van der Waals surface area contributed by atoms with Crippen molar-refractivity contribution < 1.29 is 115 Å². The molecule has 0 saturated carbocycles. The molecule has 0 saturated heterocycles. The molecule has 28 heteroatoms. The molecule has 0 aromatic rings. The van der Waals surface area contributed by atoms with Crippen molar-refractivity contribution in [2.24, 2.45) is 11.8 Å². The van der Waals surface area contributed by atoms with Gasteiger partial charge in [-0.15, -0.1) is 0 Å². The largest absolute Gasteiger partial charge is 0.463 e. The number of hydrogen-bond donors (Lipinski definition) is 1. The molecular weight excluding hydrogens is 1170 g/mol. The van der Waals surface area contributed by atoms with Gasteiger partial charge in [-0.25, -0.2) is 14.4 Å². The molecule has 0 spiro atoms. The van der Waals surface area contributed by atoms with Gasteiger partial charge in [0.15, 0.2) is 12.1 Å². The van der Waals surface area contributed by atoms with Crippen LogP contribution in [0.15, 0.2) is 48.6 Å². The highest BCUT2D eigenvalue weighted by Crippen LogP contribution is 2.08. The van der Waals surface area contributed by atoms with Gasteiger partial charge in [0.2, 0.25) is 0 Å². The Morgan fingerprint density at radius 1 is 0.337 bits per heavy atom. The van der Waals surface area contributed by atoms with Crippen molar-refractivity contribution in [1.82, 2.24) is 19.6 Å². The molecule has 0 aliphatic carbocycles. The van der Waals surface area contributed by atoms with Crippen molar-refractivity contribution in [2.75, 3.05) is 164 Å². The molecule has 0 aliphatic rings. The predicted octanol–water partition coefficient (Wildman–Crippen LogP) is 2.50. The lowest BCUT2D eigenvalue weighted by Gasteiger charge is -2.32. The summed E-state index contributed by atoms with van der Waals surface area (Å²) in [6, 6.07) is 0. The summed E-state index contributed by atoms with van der Waals surface area (Å²) in [5, 5.41) is 10.8. The maximum absolute atomic E-state index is 13.1. The van der Waals surface area contributed by atoms with Gasteiger partial charge in [-0.2, -0.15) is 0 Å². The Morgan fingerprint density at radius 3 is 0.888 bits per heavy atom. The van der Waals surface area contributed by atoms with Crippen LogP contribution in [0.2, 0.25) is 0 Å². The molecule has 28 nitrogen and oxygen atoms in total. The number of aliphatic hydroxyl groups excluding tert-OH is 1. The van der Waals surface area contributed by atoms with Crippen molar-refractivity contribution in [3.05, 3.63) is 48.6 Å². The van der Waals surface area contributed by atoms with Crippen LogP contribution in [0.5, 0.6) is 0 Å². The summed E-state index contributed by atoms with van der Waals surface area (Å²) in [6.07, 6.45) is -1.94. The van der Waals surface area contributed by atoms with Crippen molar-refractivity contribution in [2.45, 2.75) is 100 Å². The summed E-state index contributed by atoms with van der Waals surface area (Å²) in [4.78, 5) is 144. The number of ketones is 1. The van der Waals surface area contributed by atoms with Crippen LogP contribution in [0, 0.1) is 11.8 Å². The SMILES string of the molecule is C=C(C)C(=O)COCCOC(=O)CCN(CCC(O)OCCOC(=O)C(=C)C)CCN(CCN(CCC(=O)OCCOC(=O)C(=C)C)CCC(=O)OCCOC(=O)C(=C)C)CCN(CCC(=O)OCCOC(=O)C(C)C)CCC(=O)OCCOC(=O)C(C)C. The maximum atomic E-state index is 13.1. The summed E-state index contributed by atoms with van der Waals surface area (Å²) in [7, 11) is 0. The molecule has 0 amide bonds. The van der Waals surface area contributed by atoms with E-state index >= 15 is 0 Å². The molecule has 0 radical (unpaired) electrons. The van der Waals surface area contributed by atoms with Crippen LogP contribution in [-0.2, 0) is 110 Å². The highest BCUT2D eigenvalue weighted by molar-refractivity contribution is 5.95. The van der Waals surface area contributed by atoms with Crippen LogP contribution in [0.4, 0.5) is 0 Å². The molecule has 0 rings (SSSR count). The first-order chi connectivity index (χ1) is 42.1. The molecule has 0 heterocycles.